The normalized spacial score (nSPS) is 9.00. The summed E-state index contributed by atoms with van der Waals surface area (Å²) in [6, 6.07) is 6.78. The number of non-ortho nitro benzene ring substituents is 1. The van der Waals surface area contributed by atoms with Crippen molar-refractivity contribution in [3.8, 4) is 0 Å². The summed E-state index contributed by atoms with van der Waals surface area (Å²) in [5.41, 5.74) is 1.34. The molecule has 0 N–H and O–H groups in total. The maximum absolute atomic E-state index is 10.3. The quantitative estimate of drug-likeness (QED) is 0.556. The van der Waals surface area contributed by atoms with Gasteiger partial charge in [0, 0.05) is 12.1 Å². The number of benzene rings is 1. The van der Waals surface area contributed by atoms with Crippen LogP contribution >= 0.6 is 0 Å². The SMILES string of the molecule is CC.CCCCc1ccc([N+](=O)[O-])cc1. The van der Waals surface area contributed by atoms with Crippen LogP contribution < -0.4 is 0 Å². The Morgan fingerprint density at radius 2 is 1.73 bits per heavy atom. The van der Waals surface area contributed by atoms with Crippen LogP contribution in [0.5, 0.6) is 0 Å². The molecule has 0 fully saturated rings. The minimum absolute atomic E-state index is 0.167. The third-order valence-corrected chi connectivity index (χ3v) is 1.97. The molecule has 1 rings (SSSR count). The Kier molecular flexibility index (Phi) is 7.24. The van der Waals surface area contributed by atoms with E-state index in [-0.39, 0.29) is 10.6 Å². The van der Waals surface area contributed by atoms with Gasteiger partial charge in [0.15, 0.2) is 0 Å². The summed E-state index contributed by atoms with van der Waals surface area (Å²) < 4.78 is 0. The fourth-order valence-corrected chi connectivity index (χ4v) is 1.17. The van der Waals surface area contributed by atoms with Gasteiger partial charge in [-0.2, -0.15) is 0 Å². The zero-order chi connectivity index (χ0) is 11.7. The lowest BCUT2D eigenvalue weighted by Crippen LogP contribution is -1.89. The molecule has 0 heterocycles. The predicted octanol–water partition coefficient (Wildman–Crippen LogP) is 3.96. The minimum atomic E-state index is -0.371. The second-order valence-corrected chi connectivity index (χ2v) is 3.03. The third kappa shape index (κ3) is 5.15. The van der Waals surface area contributed by atoms with Crippen molar-refractivity contribution < 1.29 is 4.92 Å². The summed E-state index contributed by atoms with van der Waals surface area (Å²) in [5, 5.41) is 10.3. The van der Waals surface area contributed by atoms with E-state index in [1.807, 2.05) is 26.0 Å². The van der Waals surface area contributed by atoms with E-state index >= 15 is 0 Å². The Labute approximate surface area is 91.3 Å². The average molecular weight is 209 g/mol. The van der Waals surface area contributed by atoms with Gasteiger partial charge < -0.3 is 0 Å². The number of nitrogens with zero attached hydrogens (tertiary/aromatic N) is 1. The smallest absolute Gasteiger partial charge is 0.258 e. The Balaban J connectivity index is 0.000000921. The Morgan fingerprint density at radius 1 is 1.20 bits per heavy atom. The van der Waals surface area contributed by atoms with Gasteiger partial charge in [-0.05, 0) is 18.4 Å². The van der Waals surface area contributed by atoms with Crippen molar-refractivity contribution in [3.05, 3.63) is 39.9 Å². The average Bonchev–Trinajstić information content (AvgIpc) is 2.29. The monoisotopic (exact) mass is 209 g/mol. The number of aryl methyl sites for hydroxylation is 1. The summed E-state index contributed by atoms with van der Waals surface area (Å²) >= 11 is 0. The lowest BCUT2D eigenvalue weighted by Gasteiger charge is -1.98. The number of nitro benzene ring substituents is 1. The maximum Gasteiger partial charge on any atom is 0.269 e. The molecule has 0 aliphatic carbocycles. The van der Waals surface area contributed by atoms with Gasteiger partial charge in [-0.1, -0.05) is 39.3 Å². The van der Waals surface area contributed by atoms with Gasteiger partial charge in [0.1, 0.15) is 0 Å². The van der Waals surface area contributed by atoms with Crippen molar-refractivity contribution in [2.24, 2.45) is 0 Å². The summed E-state index contributed by atoms with van der Waals surface area (Å²) in [6.07, 6.45) is 3.29. The number of hydrogen-bond donors (Lipinski definition) is 0. The van der Waals surface area contributed by atoms with Crippen molar-refractivity contribution in [1.29, 1.82) is 0 Å². The predicted molar refractivity (Wildman–Crippen MR) is 63.1 cm³/mol. The fraction of sp³-hybridized carbons (Fsp3) is 0.500. The van der Waals surface area contributed by atoms with Crippen LogP contribution in [0, 0.1) is 10.1 Å². The van der Waals surface area contributed by atoms with Gasteiger partial charge in [0.25, 0.3) is 5.69 Å². The molecule has 0 unspecified atom stereocenters. The van der Waals surface area contributed by atoms with Gasteiger partial charge in [0.2, 0.25) is 0 Å². The number of rotatable bonds is 4. The van der Waals surface area contributed by atoms with Gasteiger partial charge in [-0.3, -0.25) is 10.1 Å². The Morgan fingerprint density at radius 3 is 2.13 bits per heavy atom. The molecular formula is C12H19NO2. The summed E-state index contributed by atoms with van der Waals surface area (Å²) in [7, 11) is 0. The molecule has 0 aromatic heterocycles. The van der Waals surface area contributed by atoms with Crippen molar-refractivity contribution in [3.63, 3.8) is 0 Å². The largest absolute Gasteiger partial charge is 0.269 e. The molecule has 0 atom stereocenters. The van der Waals surface area contributed by atoms with Crippen molar-refractivity contribution >= 4 is 5.69 Å². The highest BCUT2D eigenvalue weighted by Crippen LogP contribution is 2.13. The molecule has 1 aromatic carbocycles. The van der Waals surface area contributed by atoms with E-state index in [2.05, 4.69) is 6.92 Å². The molecule has 84 valence electrons. The molecule has 3 nitrogen and oxygen atoms in total. The maximum atomic E-state index is 10.3. The summed E-state index contributed by atoms with van der Waals surface area (Å²) in [4.78, 5) is 9.96. The standard InChI is InChI=1S/C10H13NO2.C2H6/c1-2-3-4-9-5-7-10(8-6-9)11(12)13;1-2/h5-8H,2-4H2,1H3;1-2H3. The van der Waals surface area contributed by atoms with Crippen molar-refractivity contribution in [2.75, 3.05) is 0 Å². The zero-order valence-electron chi connectivity index (χ0n) is 9.69. The first kappa shape index (κ1) is 13.6. The van der Waals surface area contributed by atoms with Crippen molar-refractivity contribution in [1.82, 2.24) is 0 Å². The fourth-order valence-electron chi connectivity index (χ4n) is 1.17. The summed E-state index contributed by atoms with van der Waals surface area (Å²) in [6.45, 7) is 6.13. The lowest BCUT2D eigenvalue weighted by atomic mass is 10.1. The Hall–Kier alpha value is -1.38. The van der Waals surface area contributed by atoms with Gasteiger partial charge in [-0.15, -0.1) is 0 Å². The van der Waals surface area contributed by atoms with E-state index in [1.165, 1.54) is 5.56 Å². The second kappa shape index (κ2) is 7.97. The van der Waals surface area contributed by atoms with Crippen LogP contribution in [-0.4, -0.2) is 4.92 Å². The van der Waals surface area contributed by atoms with Crippen molar-refractivity contribution in [2.45, 2.75) is 40.0 Å². The molecule has 0 bridgehead atoms. The zero-order valence-corrected chi connectivity index (χ0v) is 9.69. The van der Waals surface area contributed by atoms with Gasteiger partial charge >= 0.3 is 0 Å². The molecule has 1 aromatic rings. The highest BCUT2D eigenvalue weighted by atomic mass is 16.6. The molecule has 0 amide bonds. The molecule has 0 saturated carbocycles. The van der Waals surface area contributed by atoms with Crippen LogP contribution in [0.1, 0.15) is 39.2 Å². The molecule has 3 heteroatoms. The highest BCUT2D eigenvalue weighted by Gasteiger charge is 2.02. The molecule has 0 spiro atoms. The summed E-state index contributed by atoms with van der Waals surface area (Å²) in [5.74, 6) is 0. The number of hydrogen-bond acceptors (Lipinski definition) is 2. The first-order valence-corrected chi connectivity index (χ1v) is 5.47. The molecule has 15 heavy (non-hydrogen) atoms. The van der Waals surface area contributed by atoms with Crippen LogP contribution in [0.4, 0.5) is 5.69 Å². The second-order valence-electron chi connectivity index (χ2n) is 3.03. The van der Waals surface area contributed by atoms with Crippen LogP contribution in [0.25, 0.3) is 0 Å². The highest BCUT2D eigenvalue weighted by molar-refractivity contribution is 5.32. The van der Waals surface area contributed by atoms with Crippen LogP contribution in [0.15, 0.2) is 24.3 Å². The van der Waals surface area contributed by atoms with Crippen LogP contribution in [0.3, 0.4) is 0 Å². The number of nitro groups is 1. The molecule has 0 aliphatic heterocycles. The topological polar surface area (TPSA) is 43.1 Å². The van der Waals surface area contributed by atoms with E-state index in [1.54, 1.807) is 12.1 Å². The van der Waals surface area contributed by atoms with Gasteiger partial charge in [-0.25, -0.2) is 0 Å². The molecule has 0 aliphatic rings. The van der Waals surface area contributed by atoms with Crippen LogP contribution in [-0.2, 0) is 6.42 Å². The van der Waals surface area contributed by atoms with E-state index in [0.717, 1.165) is 19.3 Å². The third-order valence-electron chi connectivity index (χ3n) is 1.97. The molecule has 0 radical (unpaired) electrons. The Bertz CT molecular complexity index is 280. The van der Waals surface area contributed by atoms with E-state index in [9.17, 15) is 10.1 Å². The first-order chi connectivity index (χ1) is 7.24. The van der Waals surface area contributed by atoms with E-state index in [0.29, 0.717) is 0 Å². The van der Waals surface area contributed by atoms with Crippen LogP contribution in [0.2, 0.25) is 0 Å². The molecule has 0 saturated heterocycles. The van der Waals surface area contributed by atoms with E-state index in [4.69, 9.17) is 0 Å². The van der Waals surface area contributed by atoms with Gasteiger partial charge in [0.05, 0.1) is 4.92 Å². The van der Waals surface area contributed by atoms with E-state index < -0.39 is 0 Å². The lowest BCUT2D eigenvalue weighted by molar-refractivity contribution is -0.384. The number of unbranched alkanes of at least 4 members (excludes halogenated alkanes) is 1. The first-order valence-electron chi connectivity index (χ1n) is 5.47. The minimum Gasteiger partial charge on any atom is -0.258 e. The molecular weight excluding hydrogens is 190 g/mol.